The molecule has 2 aliphatic heterocycles. The van der Waals surface area contributed by atoms with E-state index < -0.39 is 47.3 Å². The number of phenolic OH excluding ortho intramolecular Hbond substituents is 1. The molecule has 0 radical (unpaired) electrons. The van der Waals surface area contributed by atoms with E-state index in [4.69, 9.17) is 41.8 Å². The van der Waals surface area contributed by atoms with Crippen molar-refractivity contribution in [1.82, 2.24) is 0 Å². The van der Waals surface area contributed by atoms with Crippen LogP contribution in [0.15, 0.2) is 45.3 Å². The van der Waals surface area contributed by atoms with E-state index in [1.54, 1.807) is 13.8 Å². The number of phenols is 1. The molecule has 0 spiro atoms. The number of benzene rings is 2. The van der Waals surface area contributed by atoms with E-state index >= 15 is 0 Å². The number of hydrogen-bond donors (Lipinski definition) is 1. The molecule has 0 amide bonds. The molecule has 0 saturated carbocycles. The van der Waals surface area contributed by atoms with Crippen LogP contribution in [-0.4, -0.2) is 61.0 Å². The summed E-state index contributed by atoms with van der Waals surface area (Å²) >= 11 is 11.1. The van der Waals surface area contributed by atoms with Gasteiger partial charge >= 0.3 is 122 Å². The molecule has 49 heavy (non-hydrogen) atoms. The zero-order valence-corrected chi connectivity index (χ0v) is 37.2. The van der Waals surface area contributed by atoms with Crippen LogP contribution in [0.25, 0.3) is 0 Å². The van der Waals surface area contributed by atoms with E-state index in [1.165, 1.54) is 18.2 Å². The zero-order chi connectivity index (χ0) is 36.9. The van der Waals surface area contributed by atoms with Gasteiger partial charge in [-0.05, 0) is 71.0 Å². The number of hydrogen-bond acceptors (Lipinski definition) is 9. The number of rotatable bonds is 6. The zero-order valence-electron chi connectivity index (χ0n) is 28.0. The number of carbonyl (C=O) groups excluding carboxylic acids is 1. The average Bonchev–Trinajstić information content (AvgIpc) is 3.52. The SMILES string of the molecule is CC1(C)OC[C@@H](CCl)O1.CC1(C)OC[C@H](COc2ccc(Br)c(C(F)(F)F)c2)O1.Oc1ccc(Br)c(C(F)(F)F)c1.[2H]C(=O)OO[CH-]F.[K+].[K+]. The van der Waals surface area contributed by atoms with Gasteiger partial charge in [0.25, 0.3) is 0 Å². The summed E-state index contributed by atoms with van der Waals surface area (Å²) in [5.41, 5.74) is -1.64. The average molecular weight is 919 g/mol. The first kappa shape index (κ1) is 50.3. The fourth-order valence-corrected chi connectivity index (χ4v) is 4.55. The summed E-state index contributed by atoms with van der Waals surface area (Å²) in [6.07, 6.45) is -10.5. The Morgan fingerprint density at radius 3 is 1.76 bits per heavy atom. The van der Waals surface area contributed by atoms with E-state index in [9.17, 15) is 35.5 Å². The van der Waals surface area contributed by atoms with E-state index in [0.717, 1.165) is 12.1 Å². The Bertz CT molecular complexity index is 1320. The molecule has 0 unspecified atom stereocenters. The maximum atomic E-state index is 12.7. The molecule has 2 atom stereocenters. The van der Waals surface area contributed by atoms with Gasteiger partial charge in [0.2, 0.25) is 0 Å². The van der Waals surface area contributed by atoms with Crippen LogP contribution in [-0.2, 0) is 45.9 Å². The predicted molar refractivity (Wildman–Crippen MR) is 160 cm³/mol. The molecule has 0 aromatic heterocycles. The summed E-state index contributed by atoms with van der Waals surface area (Å²) < 4.78 is 118. The van der Waals surface area contributed by atoms with Crippen LogP contribution in [0.1, 0.15) is 40.2 Å². The summed E-state index contributed by atoms with van der Waals surface area (Å²) in [6, 6.07) is 6.75. The van der Waals surface area contributed by atoms with Gasteiger partial charge in [0, 0.05) is 8.95 Å². The Kier molecular flexibility index (Phi) is 25.4. The van der Waals surface area contributed by atoms with Crippen molar-refractivity contribution in [2.75, 3.05) is 25.7 Å². The second kappa shape index (κ2) is 24.7. The smallest absolute Gasteiger partial charge is 0.508 e. The molecule has 268 valence electrons. The van der Waals surface area contributed by atoms with Crippen molar-refractivity contribution in [1.29, 1.82) is 0 Å². The van der Waals surface area contributed by atoms with Crippen molar-refractivity contribution >= 4 is 49.9 Å². The minimum absolute atomic E-state index is 0. The van der Waals surface area contributed by atoms with E-state index in [1.807, 2.05) is 13.8 Å². The molecule has 2 fully saturated rings. The van der Waals surface area contributed by atoms with Gasteiger partial charge in [0.1, 0.15) is 24.2 Å². The van der Waals surface area contributed by atoms with Crippen molar-refractivity contribution in [3.63, 3.8) is 0 Å². The topological polar surface area (TPSA) is 102 Å². The molecular formula is C28H31Br2ClF7K2O9+. The van der Waals surface area contributed by atoms with E-state index in [0.29, 0.717) is 25.2 Å². The first-order valence-corrected chi connectivity index (χ1v) is 15.1. The molecule has 9 nitrogen and oxygen atoms in total. The fraction of sp³-hybridized carbons (Fsp3) is 0.500. The van der Waals surface area contributed by atoms with Crippen molar-refractivity contribution < 1.29 is 178 Å². The molecule has 2 heterocycles. The van der Waals surface area contributed by atoms with Gasteiger partial charge in [-0.2, -0.15) is 26.3 Å². The minimum atomic E-state index is -4.43. The monoisotopic (exact) mass is 916 g/mol. The van der Waals surface area contributed by atoms with E-state index in [-0.39, 0.29) is 143 Å². The molecule has 2 saturated heterocycles. The molecule has 1 N–H and O–H groups in total. The van der Waals surface area contributed by atoms with Crippen LogP contribution in [0.2, 0.25) is 0 Å². The molecule has 21 heteroatoms. The maximum Gasteiger partial charge on any atom is 1.00 e. The van der Waals surface area contributed by atoms with Crippen LogP contribution in [0, 0.1) is 6.86 Å². The molecule has 4 rings (SSSR count). The summed E-state index contributed by atoms with van der Waals surface area (Å²) in [5, 5.41) is 8.78. The quantitative estimate of drug-likeness (QED) is 0.0893. The summed E-state index contributed by atoms with van der Waals surface area (Å²) in [6.45, 7) is 8.10. The second-order valence-corrected chi connectivity index (χ2v) is 12.0. The first-order valence-electron chi connectivity index (χ1n) is 13.5. The molecule has 2 aliphatic rings. The Morgan fingerprint density at radius 1 is 0.939 bits per heavy atom. The third kappa shape index (κ3) is 21.7. The normalized spacial score (nSPS) is 19.1. The number of aromatic hydroxyl groups is 1. The van der Waals surface area contributed by atoms with Crippen LogP contribution in [0.5, 0.6) is 11.5 Å². The predicted octanol–water partition coefficient (Wildman–Crippen LogP) is 2.74. The first-order chi connectivity index (χ1) is 22.0. The number of halogens is 10. The standard InChI is InChI=1S/C13H14BrF3O3.C7H4BrF3O.C6H11ClO2.C2H2FO3.2K/c1-12(2)19-7-9(20-12)6-18-8-3-4-11(14)10(5-8)13(15,16)17;8-6-2-1-4(12)3-5(6)7(9,10)11;1-6(2)8-4-5(3-7)9-6;3-1-5-6-2-4;;/h3-5,9H,6-7H2,1-2H3;1-3,12H;5H,3-4H2,1-2H3;1-2H;;/q;;;-1;2*+1/t9-;;5-;;;/m0.1.../s1/i;;;2D;;. The molecular weight excluding hydrogens is 887 g/mol. The van der Waals surface area contributed by atoms with Crippen molar-refractivity contribution in [3.8, 4) is 11.5 Å². The largest absolute Gasteiger partial charge is 1.00 e. The van der Waals surface area contributed by atoms with Crippen molar-refractivity contribution in [2.45, 2.75) is 63.8 Å². The summed E-state index contributed by atoms with van der Waals surface area (Å²) in [5.74, 6) is -0.826. The van der Waals surface area contributed by atoms with Crippen LogP contribution in [0.4, 0.5) is 30.7 Å². The van der Waals surface area contributed by atoms with Gasteiger partial charge in [0.15, 0.2) is 12.9 Å². The van der Waals surface area contributed by atoms with Crippen LogP contribution < -0.4 is 108 Å². The van der Waals surface area contributed by atoms with Crippen molar-refractivity contribution in [3.05, 3.63) is 63.3 Å². The van der Waals surface area contributed by atoms with Gasteiger partial charge in [-0.3, -0.25) is 4.79 Å². The van der Waals surface area contributed by atoms with Crippen LogP contribution in [0.3, 0.4) is 0 Å². The number of carbonyl (C=O) groups is 1. The Labute approximate surface area is 386 Å². The minimum Gasteiger partial charge on any atom is -0.508 e. The molecule has 2 aromatic rings. The number of alkyl halides is 7. The van der Waals surface area contributed by atoms with Gasteiger partial charge in [-0.25, -0.2) is 0 Å². The third-order valence-electron chi connectivity index (χ3n) is 5.36. The third-order valence-corrected chi connectivity index (χ3v) is 7.09. The Balaban J connectivity index is 0. The van der Waals surface area contributed by atoms with Crippen molar-refractivity contribution in [2.24, 2.45) is 0 Å². The van der Waals surface area contributed by atoms with E-state index in [2.05, 4.69) is 41.6 Å². The Morgan fingerprint density at radius 2 is 1.41 bits per heavy atom. The molecule has 0 bridgehead atoms. The number of ether oxygens (including phenoxy) is 5. The fourth-order valence-electron chi connectivity index (χ4n) is 3.45. The van der Waals surface area contributed by atoms with Gasteiger partial charge in [0.05, 0.1) is 36.3 Å². The summed E-state index contributed by atoms with van der Waals surface area (Å²) in [4.78, 5) is 15.9. The maximum absolute atomic E-state index is 12.7. The van der Waals surface area contributed by atoms with Gasteiger partial charge < -0.3 is 43.0 Å². The molecule has 0 aliphatic carbocycles. The molecule has 2 aromatic carbocycles. The van der Waals surface area contributed by atoms with Crippen LogP contribution >= 0.6 is 43.5 Å². The van der Waals surface area contributed by atoms with Gasteiger partial charge in [-0.1, -0.05) is 31.9 Å². The van der Waals surface area contributed by atoms with Gasteiger partial charge in [-0.15, -0.1) is 11.6 Å². The second-order valence-electron chi connectivity index (χ2n) is 10.0. The summed E-state index contributed by atoms with van der Waals surface area (Å²) in [7, 11) is 0. The Hall–Kier alpha value is 1.34.